The number of hydrogen-bond acceptors (Lipinski definition) is 3. The highest BCUT2D eigenvalue weighted by Crippen LogP contribution is 2.19. The topological polar surface area (TPSA) is 59.5 Å². The molecule has 0 atom stereocenters. The highest BCUT2D eigenvalue weighted by molar-refractivity contribution is 7.80. The molecule has 0 aliphatic carbocycles. The summed E-state index contributed by atoms with van der Waals surface area (Å²) in [7, 11) is 1.72. The minimum Gasteiger partial charge on any atom is -0.472 e. The molecule has 1 heterocycles. The van der Waals surface area contributed by atoms with Crippen molar-refractivity contribution in [2.24, 2.45) is 11.1 Å². The summed E-state index contributed by atoms with van der Waals surface area (Å²) in [6, 6.07) is 1.82. The number of carbonyl (C=O) groups excluding carboxylic acids is 1. The Hall–Kier alpha value is -1.36. The first-order valence-electron chi connectivity index (χ1n) is 4.92. The summed E-state index contributed by atoms with van der Waals surface area (Å²) < 4.78 is 4.94. The van der Waals surface area contributed by atoms with Crippen molar-refractivity contribution >= 4 is 23.1 Å². The van der Waals surface area contributed by atoms with Crippen LogP contribution in [0.25, 0.3) is 0 Å². The molecule has 0 spiro atoms. The van der Waals surface area contributed by atoms with E-state index in [2.05, 4.69) is 0 Å². The molecule has 0 unspecified atom stereocenters. The average Bonchev–Trinajstić information content (AvgIpc) is 2.68. The highest BCUT2D eigenvalue weighted by Gasteiger charge is 2.33. The summed E-state index contributed by atoms with van der Waals surface area (Å²) >= 11 is 4.89. The van der Waals surface area contributed by atoms with Crippen LogP contribution in [0.5, 0.6) is 0 Å². The van der Waals surface area contributed by atoms with Crippen molar-refractivity contribution in [3.8, 4) is 0 Å². The molecule has 0 aromatic carbocycles. The van der Waals surface area contributed by atoms with E-state index in [9.17, 15) is 4.79 Å². The van der Waals surface area contributed by atoms with E-state index in [0.717, 1.165) is 5.56 Å². The number of nitrogens with zero attached hydrogens (tertiary/aromatic N) is 1. The molecule has 0 saturated heterocycles. The van der Waals surface area contributed by atoms with Crippen molar-refractivity contribution in [2.75, 3.05) is 7.05 Å². The normalized spacial score (nSPS) is 11.2. The molecule has 0 aliphatic heterocycles. The molecule has 5 heteroatoms. The van der Waals surface area contributed by atoms with E-state index >= 15 is 0 Å². The first-order valence-corrected chi connectivity index (χ1v) is 5.33. The zero-order valence-electron chi connectivity index (χ0n) is 9.69. The van der Waals surface area contributed by atoms with Crippen LogP contribution in [-0.2, 0) is 11.3 Å². The van der Waals surface area contributed by atoms with Gasteiger partial charge in [-0.1, -0.05) is 12.2 Å². The molecule has 0 fully saturated rings. The third-order valence-electron chi connectivity index (χ3n) is 2.50. The Morgan fingerprint density at radius 3 is 2.69 bits per heavy atom. The van der Waals surface area contributed by atoms with Crippen LogP contribution in [0.15, 0.2) is 23.0 Å². The lowest BCUT2D eigenvalue weighted by Crippen LogP contribution is -2.45. The fraction of sp³-hybridized carbons (Fsp3) is 0.455. The molecule has 0 saturated carbocycles. The van der Waals surface area contributed by atoms with Gasteiger partial charge in [0.2, 0.25) is 5.91 Å². The Morgan fingerprint density at radius 2 is 2.25 bits per heavy atom. The predicted molar refractivity (Wildman–Crippen MR) is 65.7 cm³/mol. The van der Waals surface area contributed by atoms with Crippen LogP contribution in [0.1, 0.15) is 19.4 Å². The van der Waals surface area contributed by atoms with E-state index in [1.54, 1.807) is 38.3 Å². The highest BCUT2D eigenvalue weighted by atomic mass is 32.1. The lowest BCUT2D eigenvalue weighted by atomic mass is 9.91. The molecule has 0 radical (unpaired) electrons. The van der Waals surface area contributed by atoms with Crippen molar-refractivity contribution in [2.45, 2.75) is 20.4 Å². The Morgan fingerprint density at radius 1 is 1.62 bits per heavy atom. The standard InChI is InChI=1S/C11H16N2O2S/c1-11(2,9(12)16)10(14)13(3)6-8-4-5-15-7-8/h4-5,7H,6H2,1-3H3,(H2,12,16). The third-order valence-corrected chi connectivity index (χ3v) is 3.01. The maximum absolute atomic E-state index is 12.1. The molecule has 1 rings (SSSR count). The zero-order chi connectivity index (χ0) is 12.3. The quantitative estimate of drug-likeness (QED) is 0.811. The van der Waals surface area contributed by atoms with Crippen molar-refractivity contribution < 1.29 is 9.21 Å². The monoisotopic (exact) mass is 240 g/mol. The van der Waals surface area contributed by atoms with Gasteiger partial charge in [-0.05, 0) is 19.9 Å². The zero-order valence-corrected chi connectivity index (χ0v) is 10.5. The number of amides is 1. The molecule has 16 heavy (non-hydrogen) atoms. The van der Waals surface area contributed by atoms with E-state index in [1.807, 2.05) is 6.07 Å². The second-order valence-corrected chi connectivity index (χ2v) is 4.72. The summed E-state index contributed by atoms with van der Waals surface area (Å²) in [5, 5.41) is 0. The fourth-order valence-corrected chi connectivity index (χ4v) is 1.40. The molecule has 4 nitrogen and oxygen atoms in total. The van der Waals surface area contributed by atoms with Gasteiger partial charge in [0.1, 0.15) is 0 Å². The number of hydrogen-bond donors (Lipinski definition) is 1. The largest absolute Gasteiger partial charge is 0.472 e. The van der Waals surface area contributed by atoms with Crippen molar-refractivity contribution in [3.63, 3.8) is 0 Å². The van der Waals surface area contributed by atoms with Gasteiger partial charge < -0.3 is 15.1 Å². The van der Waals surface area contributed by atoms with Crippen molar-refractivity contribution in [1.82, 2.24) is 4.90 Å². The maximum Gasteiger partial charge on any atom is 0.235 e. The Labute approximate surface area is 100 Å². The molecule has 1 amide bonds. The lowest BCUT2D eigenvalue weighted by Gasteiger charge is -2.28. The van der Waals surface area contributed by atoms with Gasteiger partial charge in [-0.25, -0.2) is 0 Å². The van der Waals surface area contributed by atoms with Gasteiger partial charge in [0, 0.05) is 19.2 Å². The van der Waals surface area contributed by atoms with Gasteiger partial charge >= 0.3 is 0 Å². The van der Waals surface area contributed by atoms with E-state index in [4.69, 9.17) is 22.4 Å². The van der Waals surface area contributed by atoms with E-state index < -0.39 is 5.41 Å². The first-order chi connectivity index (χ1) is 7.35. The van der Waals surface area contributed by atoms with Crippen LogP contribution < -0.4 is 5.73 Å². The first kappa shape index (κ1) is 12.7. The SMILES string of the molecule is CN(Cc1ccoc1)C(=O)C(C)(C)C(N)=S. The second-order valence-electron chi connectivity index (χ2n) is 4.28. The minimum atomic E-state index is -0.812. The maximum atomic E-state index is 12.1. The lowest BCUT2D eigenvalue weighted by molar-refractivity contribution is -0.136. The van der Waals surface area contributed by atoms with Gasteiger partial charge in [0.25, 0.3) is 0 Å². The second kappa shape index (κ2) is 4.65. The summed E-state index contributed by atoms with van der Waals surface area (Å²) in [5.74, 6) is -0.0961. The summed E-state index contributed by atoms with van der Waals surface area (Å²) in [5.41, 5.74) is 5.68. The average molecular weight is 240 g/mol. The smallest absolute Gasteiger partial charge is 0.235 e. The van der Waals surface area contributed by atoms with Gasteiger partial charge in [-0.3, -0.25) is 4.79 Å². The van der Waals surface area contributed by atoms with Crippen LogP contribution in [0.2, 0.25) is 0 Å². The number of thiocarbonyl (C=S) groups is 1. The molecular formula is C11H16N2O2S. The molecule has 1 aromatic heterocycles. The molecule has 2 N–H and O–H groups in total. The Bertz CT molecular complexity index is 385. The Balaban J connectivity index is 2.71. The fourth-order valence-electron chi connectivity index (χ4n) is 1.31. The van der Waals surface area contributed by atoms with Gasteiger partial charge in [0.15, 0.2) is 0 Å². The minimum absolute atomic E-state index is 0.0961. The third kappa shape index (κ3) is 2.61. The van der Waals surface area contributed by atoms with Crippen LogP contribution in [0.3, 0.4) is 0 Å². The van der Waals surface area contributed by atoms with Gasteiger partial charge in [-0.2, -0.15) is 0 Å². The van der Waals surface area contributed by atoms with Crippen LogP contribution in [0, 0.1) is 5.41 Å². The van der Waals surface area contributed by atoms with E-state index in [1.165, 1.54) is 0 Å². The van der Waals surface area contributed by atoms with Crippen molar-refractivity contribution in [3.05, 3.63) is 24.2 Å². The van der Waals surface area contributed by atoms with Crippen LogP contribution >= 0.6 is 12.2 Å². The molecular weight excluding hydrogens is 224 g/mol. The van der Waals surface area contributed by atoms with Crippen LogP contribution in [0.4, 0.5) is 0 Å². The molecule has 0 bridgehead atoms. The molecule has 1 aromatic rings. The number of furan rings is 1. The predicted octanol–water partition coefficient (Wildman–Crippen LogP) is 1.55. The van der Waals surface area contributed by atoms with E-state index in [-0.39, 0.29) is 10.9 Å². The number of carbonyl (C=O) groups is 1. The number of nitrogens with two attached hydrogens (primary N) is 1. The summed E-state index contributed by atoms with van der Waals surface area (Å²) in [6.45, 7) is 3.94. The van der Waals surface area contributed by atoms with Gasteiger partial charge in [-0.15, -0.1) is 0 Å². The van der Waals surface area contributed by atoms with E-state index in [0.29, 0.717) is 6.54 Å². The summed E-state index contributed by atoms with van der Waals surface area (Å²) in [6.07, 6.45) is 3.18. The van der Waals surface area contributed by atoms with Gasteiger partial charge in [0.05, 0.1) is 22.9 Å². The van der Waals surface area contributed by atoms with Crippen molar-refractivity contribution in [1.29, 1.82) is 0 Å². The Kier molecular flexibility index (Phi) is 3.70. The van der Waals surface area contributed by atoms with Crippen LogP contribution in [-0.4, -0.2) is 22.8 Å². The molecule has 0 aliphatic rings. The summed E-state index contributed by atoms with van der Waals surface area (Å²) in [4.78, 5) is 13.9. The number of rotatable bonds is 4. The molecule has 88 valence electrons.